The van der Waals surface area contributed by atoms with Crippen molar-refractivity contribution in [2.75, 3.05) is 16.8 Å². The van der Waals surface area contributed by atoms with Crippen LogP contribution in [0.5, 0.6) is 0 Å². The Morgan fingerprint density at radius 2 is 2.14 bits per heavy atom. The lowest BCUT2D eigenvalue weighted by molar-refractivity contribution is -0.122. The first-order valence-electron chi connectivity index (χ1n) is 8.91. The molecule has 0 bridgehead atoms. The van der Waals surface area contributed by atoms with Crippen LogP contribution in [0.3, 0.4) is 0 Å². The Kier molecular flexibility index (Phi) is 5.59. The van der Waals surface area contributed by atoms with Crippen molar-refractivity contribution in [1.82, 2.24) is 10.2 Å². The second-order valence-electron chi connectivity index (χ2n) is 6.65. The number of carbonyl (C=O) groups is 2. The van der Waals surface area contributed by atoms with Gasteiger partial charge in [-0.25, -0.2) is 4.39 Å². The molecule has 1 aromatic heterocycles. The molecule has 1 aliphatic heterocycles. The van der Waals surface area contributed by atoms with Gasteiger partial charge in [-0.3, -0.25) is 9.59 Å². The molecule has 0 aliphatic carbocycles. The van der Waals surface area contributed by atoms with E-state index in [4.69, 9.17) is 0 Å². The fraction of sp³-hybridized carbons (Fsp3) is 0.200. The molecule has 0 radical (unpaired) electrons. The highest BCUT2D eigenvalue weighted by Gasteiger charge is 2.36. The summed E-state index contributed by atoms with van der Waals surface area (Å²) in [5.41, 5.74) is 3.27. The molecule has 6 nitrogen and oxygen atoms in total. The minimum atomic E-state index is -0.553. The summed E-state index contributed by atoms with van der Waals surface area (Å²) in [5.74, 6) is -1.54. The number of halogens is 1. The van der Waals surface area contributed by atoms with Gasteiger partial charge in [0.15, 0.2) is 4.34 Å². The summed E-state index contributed by atoms with van der Waals surface area (Å²) in [5, 5.41) is 10.7. The van der Waals surface area contributed by atoms with Crippen molar-refractivity contribution in [2.24, 2.45) is 5.92 Å². The predicted octanol–water partition coefficient (Wildman–Crippen LogP) is 4.13. The van der Waals surface area contributed by atoms with Crippen LogP contribution in [0.2, 0.25) is 0 Å². The lowest BCUT2D eigenvalue weighted by atomic mass is 10.1. The number of nitrogens with one attached hydrogen (secondary N) is 1. The van der Waals surface area contributed by atoms with Crippen molar-refractivity contribution in [3.8, 4) is 0 Å². The van der Waals surface area contributed by atoms with E-state index in [2.05, 4.69) is 15.5 Å². The summed E-state index contributed by atoms with van der Waals surface area (Å²) in [6.07, 6.45) is 0.0465. The summed E-state index contributed by atoms with van der Waals surface area (Å²) in [7, 11) is 0. The number of anilines is 2. The van der Waals surface area contributed by atoms with Gasteiger partial charge in [-0.1, -0.05) is 41.3 Å². The van der Waals surface area contributed by atoms with Crippen molar-refractivity contribution in [3.05, 3.63) is 59.4 Å². The number of rotatable bonds is 5. The van der Waals surface area contributed by atoms with Gasteiger partial charge in [-0.05, 0) is 36.8 Å². The number of hydrogen-bond acceptors (Lipinski definition) is 6. The molecule has 1 aliphatic rings. The maximum Gasteiger partial charge on any atom is 0.229 e. The standard InChI is InChI=1S/C20H17FN4O2S2/c1-12-6-7-16(14(21)8-12)25-10-13(9-18(25)26)19(27)23-15-4-2-3-5-17(15)29-20-24-22-11-28-20/h2-8,11,13H,9-10H2,1H3,(H,23,27)/t13-/m0/s1. The van der Waals surface area contributed by atoms with Crippen LogP contribution in [-0.4, -0.2) is 28.6 Å². The Labute approximate surface area is 175 Å². The van der Waals surface area contributed by atoms with E-state index in [1.54, 1.807) is 30.6 Å². The molecular formula is C20H17FN4O2S2. The summed E-state index contributed by atoms with van der Waals surface area (Å²) in [6.45, 7) is 1.93. The first-order chi connectivity index (χ1) is 14.0. The Balaban J connectivity index is 1.48. The van der Waals surface area contributed by atoms with E-state index in [0.717, 1.165) is 14.8 Å². The van der Waals surface area contributed by atoms with E-state index in [9.17, 15) is 14.0 Å². The number of nitrogens with zero attached hydrogens (tertiary/aromatic N) is 3. The first kappa shape index (κ1) is 19.5. The van der Waals surface area contributed by atoms with Crippen LogP contribution >= 0.6 is 23.1 Å². The Hall–Kier alpha value is -2.78. The SMILES string of the molecule is Cc1ccc(N2C[C@@H](C(=O)Nc3ccccc3Sc3nncs3)CC2=O)c(F)c1. The molecule has 2 aromatic carbocycles. The monoisotopic (exact) mass is 428 g/mol. The van der Waals surface area contributed by atoms with Gasteiger partial charge >= 0.3 is 0 Å². The molecule has 1 saturated heterocycles. The maximum absolute atomic E-state index is 14.3. The Morgan fingerprint density at radius 3 is 2.90 bits per heavy atom. The number of benzene rings is 2. The van der Waals surface area contributed by atoms with Gasteiger partial charge in [0, 0.05) is 17.9 Å². The van der Waals surface area contributed by atoms with Gasteiger partial charge in [0.05, 0.1) is 17.3 Å². The average molecular weight is 429 g/mol. The van der Waals surface area contributed by atoms with Gasteiger partial charge < -0.3 is 10.2 Å². The molecule has 3 aromatic rings. The zero-order valence-corrected chi connectivity index (χ0v) is 17.1. The van der Waals surface area contributed by atoms with Crippen molar-refractivity contribution >= 4 is 46.3 Å². The lowest BCUT2D eigenvalue weighted by Crippen LogP contribution is -2.28. The number of para-hydroxylation sites is 1. The van der Waals surface area contributed by atoms with Crippen molar-refractivity contribution in [1.29, 1.82) is 0 Å². The maximum atomic E-state index is 14.3. The van der Waals surface area contributed by atoms with E-state index in [0.29, 0.717) is 5.69 Å². The molecule has 1 N–H and O–H groups in total. The van der Waals surface area contributed by atoms with Crippen LogP contribution < -0.4 is 10.2 Å². The fourth-order valence-corrected chi connectivity index (χ4v) is 4.66. The van der Waals surface area contributed by atoms with E-state index >= 15 is 0 Å². The van der Waals surface area contributed by atoms with E-state index in [1.165, 1.54) is 34.1 Å². The average Bonchev–Trinajstić information content (AvgIpc) is 3.33. The minimum absolute atomic E-state index is 0.0465. The quantitative estimate of drug-likeness (QED) is 0.661. The van der Waals surface area contributed by atoms with E-state index in [1.807, 2.05) is 18.2 Å². The van der Waals surface area contributed by atoms with Gasteiger partial charge in [0.1, 0.15) is 11.3 Å². The van der Waals surface area contributed by atoms with Gasteiger partial charge in [0.2, 0.25) is 11.8 Å². The second-order valence-corrected chi connectivity index (χ2v) is 8.77. The molecule has 148 valence electrons. The Morgan fingerprint density at radius 1 is 1.31 bits per heavy atom. The zero-order valence-electron chi connectivity index (χ0n) is 15.5. The number of aromatic nitrogens is 2. The van der Waals surface area contributed by atoms with Crippen LogP contribution in [0.1, 0.15) is 12.0 Å². The highest BCUT2D eigenvalue weighted by atomic mass is 32.2. The predicted molar refractivity (Wildman–Crippen MR) is 111 cm³/mol. The second kappa shape index (κ2) is 8.30. The fourth-order valence-electron chi connectivity index (χ4n) is 3.14. The molecule has 2 amide bonds. The van der Waals surface area contributed by atoms with Crippen molar-refractivity contribution in [3.63, 3.8) is 0 Å². The third kappa shape index (κ3) is 4.30. The molecule has 2 heterocycles. The number of amides is 2. The number of hydrogen-bond donors (Lipinski definition) is 1. The number of carbonyl (C=O) groups excluding carboxylic acids is 2. The van der Waals surface area contributed by atoms with E-state index in [-0.39, 0.29) is 30.5 Å². The molecule has 29 heavy (non-hydrogen) atoms. The molecular weight excluding hydrogens is 411 g/mol. The highest BCUT2D eigenvalue weighted by molar-refractivity contribution is 8.01. The summed E-state index contributed by atoms with van der Waals surface area (Å²) < 4.78 is 15.0. The van der Waals surface area contributed by atoms with Gasteiger partial charge in [0.25, 0.3) is 0 Å². The van der Waals surface area contributed by atoms with E-state index < -0.39 is 11.7 Å². The molecule has 1 fully saturated rings. The smallest absolute Gasteiger partial charge is 0.229 e. The van der Waals surface area contributed by atoms with Crippen LogP contribution in [0.4, 0.5) is 15.8 Å². The van der Waals surface area contributed by atoms with Crippen LogP contribution in [0, 0.1) is 18.7 Å². The van der Waals surface area contributed by atoms with Crippen LogP contribution in [-0.2, 0) is 9.59 Å². The van der Waals surface area contributed by atoms with Crippen molar-refractivity contribution in [2.45, 2.75) is 22.6 Å². The molecule has 0 unspecified atom stereocenters. The molecule has 9 heteroatoms. The van der Waals surface area contributed by atoms with Crippen molar-refractivity contribution < 1.29 is 14.0 Å². The third-order valence-corrected chi connectivity index (χ3v) is 6.43. The molecule has 0 saturated carbocycles. The third-order valence-electron chi connectivity index (χ3n) is 4.57. The zero-order chi connectivity index (χ0) is 20.4. The summed E-state index contributed by atoms with van der Waals surface area (Å²) in [4.78, 5) is 27.4. The van der Waals surface area contributed by atoms with Crippen LogP contribution in [0.25, 0.3) is 0 Å². The summed E-state index contributed by atoms with van der Waals surface area (Å²) >= 11 is 2.82. The Bertz CT molecular complexity index is 1060. The summed E-state index contributed by atoms with van der Waals surface area (Å²) in [6, 6.07) is 12.1. The lowest BCUT2D eigenvalue weighted by Gasteiger charge is -2.18. The van der Waals surface area contributed by atoms with Gasteiger partial charge in [-0.15, -0.1) is 10.2 Å². The van der Waals surface area contributed by atoms with Gasteiger partial charge in [-0.2, -0.15) is 0 Å². The minimum Gasteiger partial charge on any atom is -0.325 e. The topological polar surface area (TPSA) is 75.2 Å². The molecule has 0 spiro atoms. The molecule has 4 rings (SSSR count). The highest BCUT2D eigenvalue weighted by Crippen LogP contribution is 2.35. The molecule has 1 atom stereocenters. The van der Waals surface area contributed by atoms with Crippen LogP contribution in [0.15, 0.2) is 57.2 Å². The normalized spacial score (nSPS) is 16.3. The number of aryl methyl sites for hydroxylation is 1. The first-order valence-corrected chi connectivity index (χ1v) is 10.6. The largest absolute Gasteiger partial charge is 0.325 e.